The lowest BCUT2D eigenvalue weighted by Crippen LogP contribution is -2.46. The molecule has 0 aliphatic carbocycles. The number of carbonyl (C=O) groups excluding carboxylic acids is 1. The van der Waals surface area contributed by atoms with Crippen molar-refractivity contribution in [3.63, 3.8) is 0 Å². The SMILES string of the molecule is O=C1CO[C@H](c2ccc(Cl)cc2)[C@H](c2ccc(Cl)cc2)N1c1cccnc1. The van der Waals surface area contributed by atoms with Gasteiger partial charge in [-0.3, -0.25) is 14.7 Å². The van der Waals surface area contributed by atoms with Crippen LogP contribution >= 0.6 is 23.2 Å². The monoisotopic (exact) mass is 398 g/mol. The Morgan fingerprint density at radius 2 is 1.56 bits per heavy atom. The number of aromatic nitrogens is 1. The molecule has 1 aromatic heterocycles. The van der Waals surface area contributed by atoms with Gasteiger partial charge in [0, 0.05) is 16.2 Å². The van der Waals surface area contributed by atoms with E-state index in [-0.39, 0.29) is 24.7 Å². The van der Waals surface area contributed by atoms with Crippen molar-refractivity contribution in [3.8, 4) is 0 Å². The highest BCUT2D eigenvalue weighted by atomic mass is 35.5. The summed E-state index contributed by atoms with van der Waals surface area (Å²) in [4.78, 5) is 18.7. The second kappa shape index (κ2) is 7.69. The fraction of sp³-hybridized carbons (Fsp3) is 0.143. The maximum absolute atomic E-state index is 12.8. The normalized spacial score (nSPS) is 19.9. The molecule has 136 valence electrons. The Morgan fingerprint density at radius 1 is 0.926 bits per heavy atom. The largest absolute Gasteiger partial charge is 0.361 e. The smallest absolute Gasteiger partial charge is 0.253 e. The lowest BCUT2D eigenvalue weighted by atomic mass is 9.92. The summed E-state index contributed by atoms with van der Waals surface area (Å²) < 4.78 is 5.98. The van der Waals surface area contributed by atoms with Gasteiger partial charge in [-0.1, -0.05) is 47.5 Å². The van der Waals surface area contributed by atoms with Gasteiger partial charge in [-0.25, -0.2) is 0 Å². The molecule has 6 heteroatoms. The Bertz CT molecular complexity index is 931. The molecule has 1 fully saturated rings. The first-order valence-electron chi connectivity index (χ1n) is 8.48. The van der Waals surface area contributed by atoms with Crippen LogP contribution in [0.5, 0.6) is 0 Å². The van der Waals surface area contributed by atoms with Crippen molar-refractivity contribution in [3.05, 3.63) is 94.2 Å². The molecule has 0 saturated carbocycles. The van der Waals surface area contributed by atoms with Gasteiger partial charge in [0.15, 0.2) is 0 Å². The van der Waals surface area contributed by atoms with E-state index in [1.165, 1.54) is 0 Å². The molecule has 0 radical (unpaired) electrons. The first kappa shape index (κ1) is 18.0. The number of rotatable bonds is 3. The molecule has 2 heterocycles. The number of hydrogen-bond acceptors (Lipinski definition) is 3. The molecule has 3 aromatic rings. The van der Waals surface area contributed by atoms with E-state index in [1.807, 2.05) is 60.7 Å². The summed E-state index contributed by atoms with van der Waals surface area (Å²) >= 11 is 12.1. The van der Waals surface area contributed by atoms with Crippen LogP contribution in [0.1, 0.15) is 23.3 Å². The second-order valence-corrected chi connectivity index (χ2v) is 7.13. The van der Waals surface area contributed by atoms with E-state index in [0.29, 0.717) is 10.0 Å². The fourth-order valence-corrected chi connectivity index (χ4v) is 3.58. The number of benzene rings is 2. The number of ether oxygens (including phenoxy) is 1. The number of pyridine rings is 1. The summed E-state index contributed by atoms with van der Waals surface area (Å²) in [5.41, 5.74) is 2.60. The molecular weight excluding hydrogens is 383 g/mol. The number of halogens is 2. The fourth-order valence-electron chi connectivity index (χ4n) is 3.33. The van der Waals surface area contributed by atoms with Crippen LogP contribution in [0.4, 0.5) is 5.69 Å². The second-order valence-electron chi connectivity index (χ2n) is 6.25. The highest BCUT2D eigenvalue weighted by molar-refractivity contribution is 6.30. The summed E-state index contributed by atoms with van der Waals surface area (Å²) in [5, 5.41) is 1.29. The van der Waals surface area contributed by atoms with Gasteiger partial charge in [0.05, 0.1) is 17.9 Å². The minimum absolute atomic E-state index is 0.00766. The third-order valence-corrected chi connectivity index (χ3v) is 5.06. The van der Waals surface area contributed by atoms with Gasteiger partial charge < -0.3 is 4.74 Å². The predicted octanol–water partition coefficient (Wildman–Crippen LogP) is 5.23. The van der Waals surface area contributed by atoms with E-state index in [9.17, 15) is 4.79 Å². The first-order chi connectivity index (χ1) is 13.1. The zero-order valence-corrected chi connectivity index (χ0v) is 15.8. The van der Waals surface area contributed by atoms with Crippen molar-refractivity contribution >= 4 is 34.8 Å². The molecule has 2 aromatic carbocycles. The van der Waals surface area contributed by atoms with Crippen LogP contribution in [-0.2, 0) is 9.53 Å². The molecule has 4 rings (SSSR count). The predicted molar refractivity (Wildman–Crippen MR) is 106 cm³/mol. The van der Waals surface area contributed by atoms with E-state index in [1.54, 1.807) is 17.3 Å². The Labute approximate surface area is 167 Å². The molecule has 4 nitrogen and oxygen atoms in total. The van der Waals surface area contributed by atoms with E-state index in [2.05, 4.69) is 4.98 Å². The van der Waals surface area contributed by atoms with E-state index in [4.69, 9.17) is 27.9 Å². The lowest BCUT2D eigenvalue weighted by Gasteiger charge is -2.41. The van der Waals surface area contributed by atoms with Crippen molar-refractivity contribution in [2.24, 2.45) is 0 Å². The highest BCUT2D eigenvalue weighted by Gasteiger charge is 2.39. The van der Waals surface area contributed by atoms with Gasteiger partial charge >= 0.3 is 0 Å². The molecule has 1 saturated heterocycles. The van der Waals surface area contributed by atoms with E-state index >= 15 is 0 Å². The Morgan fingerprint density at radius 3 is 2.15 bits per heavy atom. The Balaban J connectivity index is 1.83. The number of hydrogen-bond donors (Lipinski definition) is 0. The first-order valence-corrected chi connectivity index (χ1v) is 9.24. The molecule has 1 aliphatic heterocycles. The standard InChI is InChI=1S/C21H16Cl2N2O2/c22-16-7-3-14(4-8-16)20-21(15-5-9-17(23)10-6-15)27-13-19(26)25(20)18-2-1-11-24-12-18/h1-12,20-21H,13H2/t20-,21+/m0/s1. The van der Waals surface area contributed by atoms with Gasteiger partial charge in [0.1, 0.15) is 12.7 Å². The molecule has 2 atom stereocenters. The number of anilines is 1. The van der Waals surface area contributed by atoms with Gasteiger partial charge in [-0.2, -0.15) is 0 Å². The van der Waals surface area contributed by atoms with Crippen molar-refractivity contribution in [1.29, 1.82) is 0 Å². The van der Waals surface area contributed by atoms with Gasteiger partial charge in [0.2, 0.25) is 0 Å². The van der Waals surface area contributed by atoms with E-state index in [0.717, 1.165) is 16.8 Å². The van der Waals surface area contributed by atoms with Crippen LogP contribution in [-0.4, -0.2) is 17.5 Å². The summed E-state index contributed by atoms with van der Waals surface area (Å²) in [6.07, 6.45) is 3.02. The highest BCUT2D eigenvalue weighted by Crippen LogP contribution is 2.42. The van der Waals surface area contributed by atoms with E-state index < -0.39 is 0 Å². The Hall–Kier alpha value is -2.40. The number of carbonyl (C=O) groups is 1. The van der Waals surface area contributed by atoms with Gasteiger partial charge in [-0.15, -0.1) is 0 Å². The van der Waals surface area contributed by atoms with Crippen LogP contribution in [0.15, 0.2) is 73.1 Å². The van der Waals surface area contributed by atoms with Gasteiger partial charge in [0.25, 0.3) is 5.91 Å². The zero-order chi connectivity index (χ0) is 18.8. The third kappa shape index (κ3) is 3.69. The molecule has 1 aliphatic rings. The molecule has 0 bridgehead atoms. The minimum atomic E-state index is -0.353. The molecular formula is C21H16Cl2N2O2. The number of nitrogens with zero attached hydrogens (tertiary/aromatic N) is 2. The maximum atomic E-state index is 12.8. The van der Waals surface area contributed by atoms with Crippen molar-refractivity contribution in [2.45, 2.75) is 12.1 Å². The Kier molecular flexibility index (Phi) is 5.12. The average Bonchev–Trinajstić information content (AvgIpc) is 2.70. The van der Waals surface area contributed by atoms with Crippen LogP contribution in [0.3, 0.4) is 0 Å². The van der Waals surface area contributed by atoms with Crippen molar-refractivity contribution in [1.82, 2.24) is 4.98 Å². The zero-order valence-electron chi connectivity index (χ0n) is 14.3. The van der Waals surface area contributed by atoms with Crippen LogP contribution in [0, 0.1) is 0 Å². The molecule has 0 N–H and O–H groups in total. The van der Waals surface area contributed by atoms with Crippen molar-refractivity contribution < 1.29 is 9.53 Å². The maximum Gasteiger partial charge on any atom is 0.253 e. The number of morpholine rings is 1. The van der Waals surface area contributed by atoms with Crippen LogP contribution in [0.2, 0.25) is 10.0 Å². The molecule has 1 amide bonds. The van der Waals surface area contributed by atoms with Crippen molar-refractivity contribution in [2.75, 3.05) is 11.5 Å². The molecule has 0 spiro atoms. The molecule has 0 unspecified atom stereocenters. The summed E-state index contributed by atoms with van der Waals surface area (Å²) in [5.74, 6) is -0.117. The van der Waals surface area contributed by atoms with Gasteiger partial charge in [-0.05, 0) is 47.5 Å². The summed E-state index contributed by atoms with van der Waals surface area (Å²) in [6, 6.07) is 18.3. The summed E-state index contributed by atoms with van der Waals surface area (Å²) in [6.45, 7) is -0.00766. The van der Waals surface area contributed by atoms with Crippen LogP contribution < -0.4 is 4.90 Å². The number of amides is 1. The molecule has 27 heavy (non-hydrogen) atoms. The topological polar surface area (TPSA) is 42.4 Å². The lowest BCUT2D eigenvalue weighted by molar-refractivity contribution is -0.132. The third-order valence-electron chi connectivity index (χ3n) is 4.55. The minimum Gasteiger partial charge on any atom is -0.361 e. The average molecular weight is 399 g/mol. The summed E-state index contributed by atoms with van der Waals surface area (Å²) in [7, 11) is 0. The van der Waals surface area contributed by atoms with Crippen LogP contribution in [0.25, 0.3) is 0 Å². The quantitative estimate of drug-likeness (QED) is 0.606.